The SMILES string of the molecule is CCNCc1cccc(COc2cccc(CC)c2)c1. The Labute approximate surface area is 121 Å². The van der Waals surface area contributed by atoms with Crippen LogP contribution in [-0.4, -0.2) is 6.54 Å². The first-order chi connectivity index (χ1) is 9.81. The summed E-state index contributed by atoms with van der Waals surface area (Å²) in [6, 6.07) is 16.9. The zero-order valence-corrected chi connectivity index (χ0v) is 12.4. The lowest BCUT2D eigenvalue weighted by Gasteiger charge is -2.09. The fourth-order valence-electron chi connectivity index (χ4n) is 2.12. The lowest BCUT2D eigenvalue weighted by Crippen LogP contribution is -2.11. The van der Waals surface area contributed by atoms with Crippen LogP contribution in [0.15, 0.2) is 48.5 Å². The molecule has 0 bridgehead atoms. The number of hydrogen-bond donors (Lipinski definition) is 1. The van der Waals surface area contributed by atoms with Gasteiger partial charge >= 0.3 is 0 Å². The van der Waals surface area contributed by atoms with Crippen LogP contribution < -0.4 is 10.1 Å². The summed E-state index contributed by atoms with van der Waals surface area (Å²) in [6.07, 6.45) is 1.04. The summed E-state index contributed by atoms with van der Waals surface area (Å²) >= 11 is 0. The highest BCUT2D eigenvalue weighted by molar-refractivity contribution is 5.29. The Morgan fingerprint density at radius 1 is 0.900 bits per heavy atom. The van der Waals surface area contributed by atoms with Crippen molar-refractivity contribution in [2.45, 2.75) is 33.4 Å². The zero-order valence-electron chi connectivity index (χ0n) is 12.4. The molecule has 2 rings (SSSR count). The van der Waals surface area contributed by atoms with Crippen molar-refractivity contribution in [3.8, 4) is 5.75 Å². The van der Waals surface area contributed by atoms with E-state index in [4.69, 9.17) is 4.74 Å². The van der Waals surface area contributed by atoms with Crippen LogP contribution in [0.3, 0.4) is 0 Å². The highest BCUT2D eigenvalue weighted by Crippen LogP contribution is 2.16. The molecular weight excluding hydrogens is 246 g/mol. The van der Waals surface area contributed by atoms with E-state index in [0.717, 1.165) is 25.3 Å². The molecule has 0 amide bonds. The molecule has 0 saturated carbocycles. The minimum atomic E-state index is 0.618. The molecule has 0 heterocycles. The summed E-state index contributed by atoms with van der Waals surface area (Å²) in [6.45, 7) is 6.80. The van der Waals surface area contributed by atoms with Crippen molar-refractivity contribution in [1.82, 2.24) is 5.32 Å². The van der Waals surface area contributed by atoms with Crippen molar-refractivity contribution in [2.75, 3.05) is 6.54 Å². The van der Waals surface area contributed by atoms with Gasteiger partial charge in [-0.3, -0.25) is 0 Å². The molecular formula is C18H23NO. The van der Waals surface area contributed by atoms with Gasteiger partial charge < -0.3 is 10.1 Å². The molecule has 2 nitrogen and oxygen atoms in total. The van der Waals surface area contributed by atoms with E-state index in [1.54, 1.807) is 0 Å². The third-order valence-corrected chi connectivity index (χ3v) is 3.28. The Balaban J connectivity index is 1.95. The quantitative estimate of drug-likeness (QED) is 0.822. The summed E-state index contributed by atoms with van der Waals surface area (Å²) in [7, 11) is 0. The molecule has 106 valence electrons. The summed E-state index contributed by atoms with van der Waals surface area (Å²) < 4.78 is 5.87. The normalized spacial score (nSPS) is 10.5. The second kappa shape index (κ2) is 7.71. The first-order valence-corrected chi connectivity index (χ1v) is 7.32. The summed E-state index contributed by atoms with van der Waals surface area (Å²) in [5.74, 6) is 0.946. The molecule has 1 N–H and O–H groups in total. The average molecular weight is 269 g/mol. The summed E-state index contributed by atoms with van der Waals surface area (Å²) in [4.78, 5) is 0. The lowest BCUT2D eigenvalue weighted by atomic mass is 10.1. The van der Waals surface area contributed by atoms with Crippen LogP contribution in [-0.2, 0) is 19.6 Å². The van der Waals surface area contributed by atoms with Crippen LogP contribution in [0.5, 0.6) is 5.75 Å². The van der Waals surface area contributed by atoms with E-state index in [1.807, 2.05) is 6.07 Å². The highest BCUT2D eigenvalue weighted by atomic mass is 16.5. The van der Waals surface area contributed by atoms with Gasteiger partial charge in [0.25, 0.3) is 0 Å². The predicted molar refractivity (Wildman–Crippen MR) is 84.0 cm³/mol. The van der Waals surface area contributed by atoms with E-state index in [1.165, 1.54) is 16.7 Å². The molecule has 2 heteroatoms. The Hall–Kier alpha value is -1.80. The van der Waals surface area contributed by atoms with Crippen LogP contribution >= 0.6 is 0 Å². The van der Waals surface area contributed by atoms with Gasteiger partial charge in [-0.1, -0.05) is 50.2 Å². The Kier molecular flexibility index (Phi) is 5.63. The molecule has 0 unspecified atom stereocenters. The maximum atomic E-state index is 5.87. The fourth-order valence-corrected chi connectivity index (χ4v) is 2.12. The minimum Gasteiger partial charge on any atom is -0.489 e. The van der Waals surface area contributed by atoms with Crippen LogP contribution in [0.2, 0.25) is 0 Å². The number of rotatable bonds is 7. The molecule has 0 atom stereocenters. The third kappa shape index (κ3) is 4.39. The number of aryl methyl sites for hydroxylation is 1. The second-order valence-electron chi connectivity index (χ2n) is 4.89. The Morgan fingerprint density at radius 2 is 1.65 bits per heavy atom. The van der Waals surface area contributed by atoms with Gasteiger partial charge in [-0.2, -0.15) is 0 Å². The van der Waals surface area contributed by atoms with Crippen LogP contribution in [0.1, 0.15) is 30.5 Å². The van der Waals surface area contributed by atoms with Gasteiger partial charge in [-0.05, 0) is 41.8 Å². The van der Waals surface area contributed by atoms with Crippen LogP contribution in [0.4, 0.5) is 0 Å². The van der Waals surface area contributed by atoms with Gasteiger partial charge in [0.2, 0.25) is 0 Å². The van der Waals surface area contributed by atoms with Crippen molar-refractivity contribution >= 4 is 0 Å². The van der Waals surface area contributed by atoms with Crippen LogP contribution in [0, 0.1) is 0 Å². The Bertz CT molecular complexity index is 536. The van der Waals surface area contributed by atoms with E-state index in [9.17, 15) is 0 Å². The summed E-state index contributed by atoms with van der Waals surface area (Å²) in [5.41, 5.74) is 3.82. The maximum absolute atomic E-state index is 5.87. The van der Waals surface area contributed by atoms with E-state index in [0.29, 0.717) is 6.61 Å². The number of benzene rings is 2. The first-order valence-electron chi connectivity index (χ1n) is 7.32. The van der Waals surface area contributed by atoms with Gasteiger partial charge in [-0.15, -0.1) is 0 Å². The van der Waals surface area contributed by atoms with E-state index in [-0.39, 0.29) is 0 Å². The number of hydrogen-bond acceptors (Lipinski definition) is 2. The molecule has 0 spiro atoms. The fraction of sp³-hybridized carbons (Fsp3) is 0.333. The molecule has 20 heavy (non-hydrogen) atoms. The standard InChI is InChI=1S/C18H23NO/c1-3-15-7-6-10-18(12-15)20-14-17-9-5-8-16(11-17)13-19-4-2/h5-12,19H,3-4,13-14H2,1-2H3. The van der Waals surface area contributed by atoms with E-state index < -0.39 is 0 Å². The van der Waals surface area contributed by atoms with Gasteiger partial charge in [0, 0.05) is 6.54 Å². The predicted octanol–water partition coefficient (Wildman–Crippen LogP) is 3.94. The number of ether oxygens (including phenoxy) is 1. The first kappa shape index (κ1) is 14.6. The topological polar surface area (TPSA) is 21.3 Å². The van der Waals surface area contributed by atoms with Crippen molar-refractivity contribution in [2.24, 2.45) is 0 Å². The zero-order chi connectivity index (χ0) is 14.2. The smallest absolute Gasteiger partial charge is 0.120 e. The molecule has 0 fully saturated rings. The van der Waals surface area contributed by atoms with Gasteiger partial charge in [0.15, 0.2) is 0 Å². The van der Waals surface area contributed by atoms with Crippen molar-refractivity contribution in [3.05, 3.63) is 65.2 Å². The maximum Gasteiger partial charge on any atom is 0.120 e. The molecule has 0 saturated heterocycles. The van der Waals surface area contributed by atoms with Gasteiger partial charge in [0.1, 0.15) is 12.4 Å². The molecule has 0 radical (unpaired) electrons. The average Bonchev–Trinajstić information content (AvgIpc) is 2.51. The Morgan fingerprint density at radius 3 is 2.45 bits per heavy atom. The molecule has 0 aromatic heterocycles. The van der Waals surface area contributed by atoms with Gasteiger partial charge in [-0.25, -0.2) is 0 Å². The molecule has 2 aromatic rings. The summed E-state index contributed by atoms with van der Waals surface area (Å²) in [5, 5.41) is 3.34. The van der Waals surface area contributed by atoms with Crippen molar-refractivity contribution < 1.29 is 4.74 Å². The largest absolute Gasteiger partial charge is 0.489 e. The minimum absolute atomic E-state index is 0.618. The van der Waals surface area contributed by atoms with E-state index in [2.05, 4.69) is 61.6 Å². The molecule has 0 aliphatic rings. The lowest BCUT2D eigenvalue weighted by molar-refractivity contribution is 0.306. The third-order valence-electron chi connectivity index (χ3n) is 3.28. The van der Waals surface area contributed by atoms with Gasteiger partial charge in [0.05, 0.1) is 0 Å². The number of nitrogens with one attached hydrogen (secondary N) is 1. The van der Waals surface area contributed by atoms with E-state index >= 15 is 0 Å². The molecule has 2 aromatic carbocycles. The molecule has 0 aliphatic heterocycles. The second-order valence-corrected chi connectivity index (χ2v) is 4.89. The van der Waals surface area contributed by atoms with Crippen LogP contribution in [0.25, 0.3) is 0 Å². The van der Waals surface area contributed by atoms with Crippen molar-refractivity contribution in [1.29, 1.82) is 0 Å². The molecule has 0 aliphatic carbocycles. The monoisotopic (exact) mass is 269 g/mol. The highest BCUT2D eigenvalue weighted by Gasteiger charge is 1.99. The van der Waals surface area contributed by atoms with Crippen molar-refractivity contribution in [3.63, 3.8) is 0 Å².